The van der Waals surface area contributed by atoms with Crippen molar-refractivity contribution in [1.29, 1.82) is 0 Å². The number of hydrogen-bond donors (Lipinski definition) is 3. The van der Waals surface area contributed by atoms with Crippen LogP contribution in [-0.4, -0.2) is 18.1 Å². The van der Waals surface area contributed by atoms with E-state index in [0.29, 0.717) is 13.1 Å². The predicted octanol–water partition coefficient (Wildman–Crippen LogP) is 2.39. The van der Waals surface area contributed by atoms with Crippen molar-refractivity contribution in [3.8, 4) is 0 Å². The molecule has 1 fully saturated rings. The van der Waals surface area contributed by atoms with Crippen molar-refractivity contribution < 1.29 is 4.79 Å². The summed E-state index contributed by atoms with van der Waals surface area (Å²) in [6, 6.07) is 9.80. The Morgan fingerprint density at radius 3 is 2.55 bits per heavy atom. The van der Waals surface area contributed by atoms with Crippen LogP contribution in [0.1, 0.15) is 38.2 Å². The minimum Gasteiger partial charge on any atom is -0.334 e. The molecule has 4 nitrogen and oxygen atoms in total. The molecule has 4 heteroatoms. The quantitative estimate of drug-likeness (QED) is 0.790. The van der Waals surface area contributed by atoms with Crippen LogP contribution in [0.3, 0.4) is 0 Å². The van der Waals surface area contributed by atoms with Gasteiger partial charge in [0.1, 0.15) is 0 Å². The first-order valence-electron chi connectivity index (χ1n) is 7.43. The highest BCUT2D eigenvalue weighted by molar-refractivity contribution is 5.74. The molecule has 110 valence electrons. The van der Waals surface area contributed by atoms with Gasteiger partial charge in [-0.15, -0.1) is 0 Å². The standard InChI is InChI=1S/C16H25N3O/c1-13-7-9-16(12-17,10-8-13)19-15(20)18-11-14-5-3-2-4-6-14/h2-6,13H,7-12,17H2,1H3,(H2,18,19,20). The van der Waals surface area contributed by atoms with E-state index in [9.17, 15) is 4.79 Å². The maximum absolute atomic E-state index is 12.1. The number of rotatable bonds is 4. The predicted molar refractivity (Wildman–Crippen MR) is 81.2 cm³/mol. The van der Waals surface area contributed by atoms with Crippen LogP contribution >= 0.6 is 0 Å². The number of urea groups is 1. The topological polar surface area (TPSA) is 67.1 Å². The number of carbonyl (C=O) groups is 1. The smallest absolute Gasteiger partial charge is 0.315 e. The van der Waals surface area contributed by atoms with Gasteiger partial charge >= 0.3 is 6.03 Å². The molecule has 0 aromatic heterocycles. The molecule has 0 radical (unpaired) electrons. The van der Waals surface area contributed by atoms with Gasteiger partial charge in [-0.1, -0.05) is 37.3 Å². The molecule has 1 aliphatic carbocycles. The van der Waals surface area contributed by atoms with Crippen LogP contribution in [0.4, 0.5) is 4.79 Å². The lowest BCUT2D eigenvalue weighted by Gasteiger charge is -2.39. The fraction of sp³-hybridized carbons (Fsp3) is 0.562. The van der Waals surface area contributed by atoms with Crippen LogP contribution < -0.4 is 16.4 Å². The van der Waals surface area contributed by atoms with E-state index in [0.717, 1.165) is 37.2 Å². The zero-order valence-corrected chi connectivity index (χ0v) is 12.2. The zero-order chi connectivity index (χ0) is 14.4. The van der Waals surface area contributed by atoms with E-state index in [4.69, 9.17) is 5.73 Å². The van der Waals surface area contributed by atoms with Crippen molar-refractivity contribution in [2.45, 2.75) is 44.7 Å². The normalized spacial score (nSPS) is 26.0. The Hall–Kier alpha value is -1.55. The first kappa shape index (κ1) is 14.9. The Morgan fingerprint density at radius 2 is 1.95 bits per heavy atom. The SMILES string of the molecule is CC1CCC(CN)(NC(=O)NCc2ccccc2)CC1. The maximum Gasteiger partial charge on any atom is 0.315 e. The van der Waals surface area contributed by atoms with Crippen LogP contribution in [0.2, 0.25) is 0 Å². The second kappa shape index (κ2) is 6.75. The Bertz CT molecular complexity index is 425. The summed E-state index contributed by atoms with van der Waals surface area (Å²) < 4.78 is 0. The number of hydrogen-bond acceptors (Lipinski definition) is 2. The summed E-state index contributed by atoms with van der Waals surface area (Å²) in [6.07, 6.45) is 4.22. The summed E-state index contributed by atoms with van der Waals surface area (Å²) in [5.41, 5.74) is 6.78. The van der Waals surface area contributed by atoms with Crippen LogP contribution in [0.5, 0.6) is 0 Å². The summed E-state index contributed by atoms with van der Waals surface area (Å²) in [5.74, 6) is 0.740. The third kappa shape index (κ3) is 3.97. The third-order valence-electron chi connectivity index (χ3n) is 4.30. The molecule has 0 spiro atoms. The van der Waals surface area contributed by atoms with Gasteiger partial charge in [0.25, 0.3) is 0 Å². The Morgan fingerprint density at radius 1 is 1.30 bits per heavy atom. The monoisotopic (exact) mass is 275 g/mol. The number of amides is 2. The van der Waals surface area contributed by atoms with Crippen LogP contribution in [0.25, 0.3) is 0 Å². The lowest BCUT2D eigenvalue weighted by molar-refractivity contribution is 0.189. The molecule has 1 aromatic rings. The lowest BCUT2D eigenvalue weighted by Crippen LogP contribution is -2.57. The van der Waals surface area contributed by atoms with Gasteiger partial charge in [0, 0.05) is 13.1 Å². The van der Waals surface area contributed by atoms with Gasteiger partial charge in [0.05, 0.1) is 5.54 Å². The molecular formula is C16H25N3O. The molecule has 20 heavy (non-hydrogen) atoms. The Balaban J connectivity index is 1.83. The van der Waals surface area contributed by atoms with E-state index in [-0.39, 0.29) is 11.6 Å². The highest BCUT2D eigenvalue weighted by Crippen LogP contribution is 2.31. The Kier molecular flexibility index (Phi) is 5.01. The van der Waals surface area contributed by atoms with E-state index in [1.807, 2.05) is 30.3 Å². The third-order valence-corrected chi connectivity index (χ3v) is 4.30. The maximum atomic E-state index is 12.1. The number of nitrogens with one attached hydrogen (secondary N) is 2. The minimum atomic E-state index is -0.215. The highest BCUT2D eigenvalue weighted by atomic mass is 16.2. The molecule has 4 N–H and O–H groups in total. The molecule has 0 bridgehead atoms. The molecule has 2 rings (SSSR count). The van der Waals surface area contributed by atoms with Crippen molar-refractivity contribution in [3.05, 3.63) is 35.9 Å². The van der Waals surface area contributed by atoms with E-state index >= 15 is 0 Å². The van der Waals surface area contributed by atoms with Crippen molar-refractivity contribution in [3.63, 3.8) is 0 Å². The van der Waals surface area contributed by atoms with E-state index in [1.54, 1.807) is 0 Å². The van der Waals surface area contributed by atoms with Crippen molar-refractivity contribution in [1.82, 2.24) is 10.6 Å². The largest absolute Gasteiger partial charge is 0.334 e. The summed E-state index contributed by atoms with van der Waals surface area (Å²) in [4.78, 5) is 12.1. The second-order valence-corrected chi connectivity index (χ2v) is 5.96. The molecule has 1 saturated carbocycles. The minimum absolute atomic E-state index is 0.117. The van der Waals surface area contributed by atoms with Crippen LogP contribution in [-0.2, 0) is 6.54 Å². The Labute approximate surface area is 121 Å². The van der Waals surface area contributed by atoms with E-state index < -0.39 is 0 Å². The second-order valence-electron chi connectivity index (χ2n) is 5.96. The fourth-order valence-corrected chi connectivity index (χ4v) is 2.76. The summed E-state index contributed by atoms with van der Waals surface area (Å²) in [5, 5.41) is 6.01. The molecule has 0 aliphatic heterocycles. The van der Waals surface area contributed by atoms with Gasteiger partial charge in [0.2, 0.25) is 0 Å². The average Bonchev–Trinajstić information content (AvgIpc) is 2.49. The lowest BCUT2D eigenvalue weighted by atomic mass is 9.77. The van der Waals surface area contributed by atoms with Crippen LogP contribution in [0, 0.1) is 5.92 Å². The van der Waals surface area contributed by atoms with Crippen molar-refractivity contribution in [2.24, 2.45) is 11.7 Å². The van der Waals surface area contributed by atoms with Gasteiger partial charge in [-0.3, -0.25) is 0 Å². The van der Waals surface area contributed by atoms with E-state index in [1.165, 1.54) is 0 Å². The summed E-state index contributed by atoms with van der Waals surface area (Å²) >= 11 is 0. The zero-order valence-electron chi connectivity index (χ0n) is 12.2. The first-order valence-corrected chi connectivity index (χ1v) is 7.43. The average molecular weight is 275 g/mol. The molecular weight excluding hydrogens is 250 g/mol. The van der Waals surface area contributed by atoms with Crippen molar-refractivity contribution >= 4 is 6.03 Å². The molecule has 0 unspecified atom stereocenters. The molecule has 0 atom stereocenters. The fourth-order valence-electron chi connectivity index (χ4n) is 2.76. The van der Waals surface area contributed by atoms with Gasteiger partial charge in [-0.25, -0.2) is 4.79 Å². The summed E-state index contributed by atoms with van der Waals surface area (Å²) in [6.45, 7) is 3.32. The molecule has 2 amide bonds. The number of nitrogens with two attached hydrogens (primary N) is 1. The van der Waals surface area contributed by atoms with Crippen LogP contribution in [0.15, 0.2) is 30.3 Å². The van der Waals surface area contributed by atoms with E-state index in [2.05, 4.69) is 17.6 Å². The molecule has 0 heterocycles. The summed E-state index contributed by atoms with van der Waals surface area (Å²) in [7, 11) is 0. The molecule has 0 saturated heterocycles. The van der Waals surface area contributed by atoms with Crippen molar-refractivity contribution in [2.75, 3.05) is 6.54 Å². The number of benzene rings is 1. The van der Waals surface area contributed by atoms with Gasteiger partial charge in [-0.05, 0) is 37.2 Å². The first-order chi connectivity index (χ1) is 9.63. The number of carbonyl (C=O) groups excluding carboxylic acids is 1. The molecule has 1 aliphatic rings. The van der Waals surface area contributed by atoms with Gasteiger partial charge in [-0.2, -0.15) is 0 Å². The molecule has 1 aromatic carbocycles. The highest BCUT2D eigenvalue weighted by Gasteiger charge is 2.34. The van der Waals surface area contributed by atoms with Gasteiger partial charge < -0.3 is 16.4 Å². The van der Waals surface area contributed by atoms with Gasteiger partial charge in [0.15, 0.2) is 0 Å².